The van der Waals surface area contributed by atoms with E-state index in [9.17, 15) is 14.0 Å². The Kier molecular flexibility index (Phi) is 5.64. The summed E-state index contributed by atoms with van der Waals surface area (Å²) in [4.78, 5) is 30.7. The number of para-hydroxylation sites is 1. The summed E-state index contributed by atoms with van der Waals surface area (Å²) in [5.41, 5.74) is 1.97. The monoisotopic (exact) mass is 378 g/mol. The minimum Gasteiger partial charge on any atom is -0.378 e. The molecular formula is C21H19FN4O2. The van der Waals surface area contributed by atoms with Gasteiger partial charge in [0.2, 0.25) is 0 Å². The summed E-state index contributed by atoms with van der Waals surface area (Å²) in [5.74, 6) is -1.53. The molecule has 28 heavy (non-hydrogen) atoms. The summed E-state index contributed by atoms with van der Waals surface area (Å²) in [5, 5.41) is 5.22. The van der Waals surface area contributed by atoms with Crippen LogP contribution < -0.4 is 15.5 Å². The Morgan fingerprint density at radius 1 is 0.929 bits per heavy atom. The number of rotatable bonds is 5. The second-order valence-electron chi connectivity index (χ2n) is 6.26. The van der Waals surface area contributed by atoms with Crippen molar-refractivity contribution in [3.63, 3.8) is 0 Å². The van der Waals surface area contributed by atoms with Crippen molar-refractivity contribution >= 4 is 28.9 Å². The zero-order valence-corrected chi connectivity index (χ0v) is 15.4. The number of benzene rings is 2. The lowest BCUT2D eigenvalue weighted by Gasteiger charge is -2.13. The number of hydrogen-bond donors (Lipinski definition) is 2. The highest BCUT2D eigenvalue weighted by Gasteiger charge is 2.14. The van der Waals surface area contributed by atoms with Gasteiger partial charge in [0.1, 0.15) is 11.5 Å². The third-order valence-electron chi connectivity index (χ3n) is 4.02. The van der Waals surface area contributed by atoms with E-state index >= 15 is 0 Å². The van der Waals surface area contributed by atoms with Crippen molar-refractivity contribution < 1.29 is 14.0 Å². The summed E-state index contributed by atoms with van der Waals surface area (Å²) in [6.07, 6.45) is 1.36. The molecular weight excluding hydrogens is 359 g/mol. The number of carbonyl (C=O) groups is 2. The number of hydrogen-bond acceptors (Lipinski definition) is 4. The van der Waals surface area contributed by atoms with Gasteiger partial charge >= 0.3 is 0 Å². The van der Waals surface area contributed by atoms with Crippen LogP contribution in [0.1, 0.15) is 20.8 Å². The number of anilines is 3. The minimum absolute atomic E-state index is 0.0128. The van der Waals surface area contributed by atoms with Crippen molar-refractivity contribution in [2.45, 2.75) is 0 Å². The maximum absolute atomic E-state index is 13.7. The summed E-state index contributed by atoms with van der Waals surface area (Å²) in [7, 11) is 3.86. The molecule has 0 saturated heterocycles. The van der Waals surface area contributed by atoms with E-state index in [4.69, 9.17) is 0 Å². The maximum atomic E-state index is 13.7. The second kappa shape index (κ2) is 8.30. The highest BCUT2D eigenvalue weighted by atomic mass is 19.1. The average molecular weight is 378 g/mol. The van der Waals surface area contributed by atoms with E-state index < -0.39 is 11.7 Å². The predicted molar refractivity (Wildman–Crippen MR) is 107 cm³/mol. The average Bonchev–Trinajstić information content (AvgIpc) is 2.70. The molecule has 1 heterocycles. The number of nitrogens with one attached hydrogen (secondary N) is 2. The third-order valence-corrected chi connectivity index (χ3v) is 4.02. The first-order valence-corrected chi connectivity index (χ1v) is 8.55. The van der Waals surface area contributed by atoms with Crippen molar-refractivity contribution in [2.75, 3.05) is 29.6 Å². The summed E-state index contributed by atoms with van der Waals surface area (Å²) in [6, 6.07) is 16.0. The molecule has 6 nitrogen and oxygen atoms in total. The molecule has 2 N–H and O–H groups in total. The molecule has 0 atom stereocenters. The molecule has 3 rings (SSSR count). The number of aromatic nitrogens is 1. The highest BCUT2D eigenvalue weighted by molar-refractivity contribution is 6.07. The van der Waals surface area contributed by atoms with Crippen LogP contribution in [-0.4, -0.2) is 30.9 Å². The first kappa shape index (κ1) is 19.0. The molecule has 0 fully saturated rings. The van der Waals surface area contributed by atoms with Crippen LogP contribution in [0.4, 0.5) is 21.5 Å². The minimum atomic E-state index is -0.602. The van der Waals surface area contributed by atoms with Crippen molar-refractivity contribution in [3.05, 3.63) is 83.9 Å². The maximum Gasteiger partial charge on any atom is 0.274 e. The second-order valence-corrected chi connectivity index (χ2v) is 6.26. The van der Waals surface area contributed by atoms with Gasteiger partial charge in [-0.05, 0) is 48.5 Å². The Morgan fingerprint density at radius 2 is 1.64 bits per heavy atom. The van der Waals surface area contributed by atoms with Gasteiger partial charge in [-0.25, -0.2) is 4.39 Å². The van der Waals surface area contributed by atoms with Crippen LogP contribution in [0.5, 0.6) is 0 Å². The van der Waals surface area contributed by atoms with E-state index in [0.717, 1.165) is 5.69 Å². The lowest BCUT2D eigenvalue weighted by molar-refractivity contribution is 0.102. The van der Waals surface area contributed by atoms with E-state index in [1.165, 1.54) is 36.5 Å². The van der Waals surface area contributed by atoms with Crippen LogP contribution in [-0.2, 0) is 0 Å². The van der Waals surface area contributed by atoms with Gasteiger partial charge in [-0.1, -0.05) is 12.1 Å². The molecule has 142 valence electrons. The van der Waals surface area contributed by atoms with Crippen LogP contribution in [0.2, 0.25) is 0 Å². The fraction of sp³-hybridized carbons (Fsp3) is 0.0952. The van der Waals surface area contributed by atoms with Crippen LogP contribution in [0.15, 0.2) is 66.9 Å². The van der Waals surface area contributed by atoms with Crippen molar-refractivity contribution in [1.29, 1.82) is 0 Å². The molecule has 0 bridgehead atoms. The van der Waals surface area contributed by atoms with Crippen molar-refractivity contribution in [1.82, 2.24) is 4.98 Å². The molecule has 2 amide bonds. The molecule has 1 aromatic heterocycles. The predicted octanol–water partition coefficient (Wildman–Crippen LogP) is 3.79. The number of halogens is 1. The van der Waals surface area contributed by atoms with Crippen LogP contribution in [0.3, 0.4) is 0 Å². The number of nitrogens with zero attached hydrogens (tertiary/aromatic N) is 2. The summed E-state index contributed by atoms with van der Waals surface area (Å²) in [6.45, 7) is 0. The fourth-order valence-corrected chi connectivity index (χ4v) is 2.49. The molecule has 0 aliphatic carbocycles. The molecule has 0 spiro atoms. The molecule has 3 aromatic rings. The van der Waals surface area contributed by atoms with Crippen LogP contribution in [0, 0.1) is 5.82 Å². The highest BCUT2D eigenvalue weighted by Crippen LogP contribution is 2.17. The first-order valence-electron chi connectivity index (χ1n) is 8.55. The van der Waals surface area contributed by atoms with Gasteiger partial charge in [-0.3, -0.25) is 14.6 Å². The Morgan fingerprint density at radius 3 is 2.32 bits per heavy atom. The fourth-order valence-electron chi connectivity index (χ4n) is 2.49. The lowest BCUT2D eigenvalue weighted by atomic mass is 10.2. The number of amides is 2. The molecule has 7 heteroatoms. The van der Waals surface area contributed by atoms with Crippen molar-refractivity contribution in [3.8, 4) is 0 Å². The van der Waals surface area contributed by atoms with Gasteiger partial charge in [-0.15, -0.1) is 0 Å². The normalized spacial score (nSPS) is 10.2. The summed E-state index contributed by atoms with van der Waals surface area (Å²) < 4.78 is 13.7. The molecule has 0 saturated carbocycles. The third kappa shape index (κ3) is 4.50. The smallest absolute Gasteiger partial charge is 0.274 e. The zero-order chi connectivity index (χ0) is 20.1. The Bertz CT molecular complexity index is 1000. The molecule has 0 unspecified atom stereocenters. The topological polar surface area (TPSA) is 74.3 Å². The quantitative estimate of drug-likeness (QED) is 0.708. The van der Waals surface area contributed by atoms with E-state index in [-0.39, 0.29) is 22.9 Å². The molecule has 0 aliphatic heterocycles. The van der Waals surface area contributed by atoms with Crippen LogP contribution >= 0.6 is 0 Å². The molecule has 2 aromatic carbocycles. The Balaban J connectivity index is 1.72. The largest absolute Gasteiger partial charge is 0.378 e. The van der Waals surface area contributed by atoms with Gasteiger partial charge in [-0.2, -0.15) is 0 Å². The van der Waals surface area contributed by atoms with E-state index in [2.05, 4.69) is 15.6 Å². The molecule has 0 radical (unpaired) electrons. The van der Waals surface area contributed by atoms with Crippen molar-refractivity contribution in [2.24, 2.45) is 0 Å². The number of carbonyl (C=O) groups excluding carboxylic acids is 2. The lowest BCUT2D eigenvalue weighted by Crippen LogP contribution is -2.17. The van der Waals surface area contributed by atoms with Gasteiger partial charge in [0, 0.05) is 37.2 Å². The van der Waals surface area contributed by atoms with Gasteiger partial charge in [0.25, 0.3) is 11.8 Å². The van der Waals surface area contributed by atoms with Gasteiger partial charge in [0.15, 0.2) is 0 Å². The van der Waals surface area contributed by atoms with E-state index in [0.29, 0.717) is 5.69 Å². The molecule has 0 aliphatic rings. The Labute approximate surface area is 162 Å². The van der Waals surface area contributed by atoms with E-state index in [1.54, 1.807) is 18.2 Å². The van der Waals surface area contributed by atoms with Gasteiger partial charge < -0.3 is 15.5 Å². The summed E-state index contributed by atoms with van der Waals surface area (Å²) >= 11 is 0. The SMILES string of the molecule is CN(C)c1ccc(NC(=O)c2ccnc(C(=O)Nc3ccccc3F)c2)cc1. The number of pyridine rings is 1. The zero-order valence-electron chi connectivity index (χ0n) is 15.4. The Hall–Kier alpha value is -3.74. The van der Waals surface area contributed by atoms with E-state index in [1.807, 2.05) is 31.1 Å². The standard InChI is InChI=1S/C21H19FN4O2/c1-26(2)16-9-7-15(8-10-16)24-20(27)14-11-12-23-19(13-14)21(28)25-18-6-4-3-5-17(18)22/h3-13H,1-2H3,(H,24,27)(H,25,28). The van der Waals surface area contributed by atoms with Crippen LogP contribution in [0.25, 0.3) is 0 Å². The first-order chi connectivity index (χ1) is 13.4. The van der Waals surface area contributed by atoms with Gasteiger partial charge in [0.05, 0.1) is 5.69 Å².